The van der Waals surface area contributed by atoms with E-state index in [-0.39, 0.29) is 12.4 Å². The molecule has 0 saturated carbocycles. The van der Waals surface area contributed by atoms with Crippen LogP contribution < -0.4 is 0 Å². The van der Waals surface area contributed by atoms with Crippen molar-refractivity contribution in [2.24, 2.45) is 0 Å². The number of carbonyl (C=O) groups is 2. The first-order valence-electron chi connectivity index (χ1n) is 4.69. The third kappa shape index (κ3) is 5.98. The molecule has 16 heavy (non-hydrogen) atoms. The molecule has 0 fully saturated rings. The highest BCUT2D eigenvalue weighted by Gasteiger charge is 2.04. The molecule has 0 aromatic heterocycles. The van der Waals surface area contributed by atoms with Gasteiger partial charge in [-0.15, -0.1) is 0 Å². The summed E-state index contributed by atoms with van der Waals surface area (Å²) in [5.41, 5.74) is 0.561. The molecule has 0 amide bonds. The van der Waals surface area contributed by atoms with Crippen molar-refractivity contribution in [1.82, 2.24) is 0 Å². The lowest BCUT2D eigenvalue weighted by molar-refractivity contribution is -0.139. The number of rotatable bonds is 5. The summed E-state index contributed by atoms with van der Waals surface area (Å²) in [5, 5.41) is 9.53. The fourth-order valence-corrected chi connectivity index (χ4v) is 0.838. The topological polar surface area (TPSA) is 72.8 Å². The second-order valence-corrected chi connectivity index (χ2v) is 3.06. The summed E-state index contributed by atoms with van der Waals surface area (Å²) in [6, 6.07) is 0. The van der Waals surface area contributed by atoms with Crippen LogP contribution in [0.25, 0.3) is 0 Å². The smallest absolute Gasteiger partial charge is 0.330 e. The first-order chi connectivity index (χ1) is 7.51. The van der Waals surface area contributed by atoms with E-state index in [9.17, 15) is 14.7 Å². The van der Waals surface area contributed by atoms with Crippen molar-refractivity contribution in [2.45, 2.75) is 19.4 Å². The van der Waals surface area contributed by atoms with E-state index in [0.717, 1.165) is 6.08 Å². The molecule has 0 aliphatic carbocycles. The van der Waals surface area contributed by atoms with Crippen LogP contribution >= 0.6 is 0 Å². The van der Waals surface area contributed by atoms with Gasteiger partial charge in [0.05, 0.1) is 26.7 Å². The van der Waals surface area contributed by atoms with Gasteiger partial charge in [0, 0.05) is 6.08 Å². The summed E-state index contributed by atoms with van der Waals surface area (Å²) in [5.74, 6) is -0.927. The van der Waals surface area contributed by atoms with E-state index in [2.05, 4.69) is 9.47 Å². The van der Waals surface area contributed by atoms with Gasteiger partial charge >= 0.3 is 11.9 Å². The lowest BCUT2D eigenvalue weighted by Gasteiger charge is -2.05. The Labute approximate surface area is 94.4 Å². The molecular weight excluding hydrogens is 212 g/mol. The third-order valence-corrected chi connectivity index (χ3v) is 1.90. The molecule has 0 bridgehead atoms. The first-order valence-corrected chi connectivity index (χ1v) is 4.69. The molecular formula is C11H16O5. The minimum Gasteiger partial charge on any atom is -0.469 e. The van der Waals surface area contributed by atoms with Crippen molar-refractivity contribution in [3.05, 3.63) is 23.8 Å². The predicted molar refractivity (Wildman–Crippen MR) is 57.6 cm³/mol. The molecule has 0 rings (SSSR count). The van der Waals surface area contributed by atoms with Crippen LogP contribution in [0, 0.1) is 0 Å². The number of aliphatic hydroxyl groups excluding tert-OH is 1. The maximum Gasteiger partial charge on any atom is 0.330 e. The molecule has 1 atom stereocenters. The third-order valence-electron chi connectivity index (χ3n) is 1.90. The molecule has 90 valence electrons. The Morgan fingerprint density at radius 3 is 2.44 bits per heavy atom. The second-order valence-electron chi connectivity index (χ2n) is 3.06. The molecule has 0 heterocycles. The van der Waals surface area contributed by atoms with E-state index >= 15 is 0 Å². The predicted octanol–water partition coefficient (Wildman–Crippen LogP) is 0.586. The number of methoxy groups -OCH3 is 2. The molecule has 0 saturated heterocycles. The van der Waals surface area contributed by atoms with Gasteiger partial charge in [-0.25, -0.2) is 4.79 Å². The highest BCUT2D eigenvalue weighted by atomic mass is 16.5. The standard InChI is InChI=1S/C11H16O5/c1-8(4-6-10(13)15-2)9(12)5-7-11(14)16-3/h4-5,7,9,12H,6H2,1-3H3/b7-5+,8-4-/t9-/m1/s1. The molecule has 0 aromatic rings. The van der Waals surface area contributed by atoms with Crippen LogP contribution in [0.15, 0.2) is 23.8 Å². The van der Waals surface area contributed by atoms with Crippen LogP contribution in [0.3, 0.4) is 0 Å². The molecule has 0 spiro atoms. The Hall–Kier alpha value is -1.62. The summed E-state index contributed by atoms with van der Waals surface area (Å²) in [4.78, 5) is 21.5. The van der Waals surface area contributed by atoms with Crippen LogP contribution in [0.1, 0.15) is 13.3 Å². The zero-order valence-electron chi connectivity index (χ0n) is 9.60. The molecule has 0 aliphatic rings. The largest absolute Gasteiger partial charge is 0.469 e. The summed E-state index contributed by atoms with van der Waals surface area (Å²) in [7, 11) is 2.54. The summed E-state index contributed by atoms with van der Waals surface area (Å²) < 4.78 is 8.80. The number of ether oxygens (including phenoxy) is 2. The van der Waals surface area contributed by atoms with Crippen molar-refractivity contribution in [3.63, 3.8) is 0 Å². The summed E-state index contributed by atoms with van der Waals surface area (Å²) >= 11 is 0. The molecule has 5 nitrogen and oxygen atoms in total. The average Bonchev–Trinajstić information content (AvgIpc) is 2.31. The van der Waals surface area contributed by atoms with Gasteiger partial charge < -0.3 is 14.6 Å². The zero-order valence-corrected chi connectivity index (χ0v) is 9.60. The van der Waals surface area contributed by atoms with E-state index in [1.807, 2.05) is 0 Å². The van der Waals surface area contributed by atoms with Gasteiger partial charge in [0.1, 0.15) is 0 Å². The van der Waals surface area contributed by atoms with Gasteiger partial charge in [-0.3, -0.25) is 4.79 Å². The van der Waals surface area contributed by atoms with Crippen molar-refractivity contribution in [1.29, 1.82) is 0 Å². The number of carbonyl (C=O) groups excluding carboxylic acids is 2. The van der Waals surface area contributed by atoms with E-state index in [0.29, 0.717) is 5.57 Å². The number of hydrogen-bond acceptors (Lipinski definition) is 5. The van der Waals surface area contributed by atoms with E-state index in [1.54, 1.807) is 6.92 Å². The van der Waals surface area contributed by atoms with E-state index in [4.69, 9.17) is 0 Å². The Balaban J connectivity index is 4.27. The van der Waals surface area contributed by atoms with Gasteiger partial charge in [-0.1, -0.05) is 6.08 Å². The van der Waals surface area contributed by atoms with Crippen molar-refractivity contribution < 1.29 is 24.2 Å². The molecule has 0 unspecified atom stereocenters. The van der Waals surface area contributed by atoms with E-state index < -0.39 is 12.1 Å². The fraction of sp³-hybridized carbons (Fsp3) is 0.455. The minimum absolute atomic E-state index is 0.0887. The molecule has 0 radical (unpaired) electrons. The lowest BCUT2D eigenvalue weighted by atomic mass is 10.1. The lowest BCUT2D eigenvalue weighted by Crippen LogP contribution is -2.07. The van der Waals surface area contributed by atoms with Gasteiger partial charge in [-0.05, 0) is 18.6 Å². The minimum atomic E-state index is -0.913. The SMILES string of the molecule is COC(=O)/C=C/[C@@H](O)/C(C)=C\CC(=O)OC. The fourth-order valence-electron chi connectivity index (χ4n) is 0.838. The van der Waals surface area contributed by atoms with Gasteiger partial charge in [0.25, 0.3) is 0 Å². The monoisotopic (exact) mass is 228 g/mol. The summed E-state index contributed by atoms with van der Waals surface area (Å²) in [6.07, 6.45) is 3.13. The van der Waals surface area contributed by atoms with Crippen molar-refractivity contribution in [2.75, 3.05) is 14.2 Å². The second kappa shape index (κ2) is 7.64. The van der Waals surface area contributed by atoms with Crippen molar-refractivity contribution >= 4 is 11.9 Å². The van der Waals surface area contributed by atoms with Crippen molar-refractivity contribution in [3.8, 4) is 0 Å². The maximum atomic E-state index is 10.8. The van der Waals surface area contributed by atoms with Crippen LogP contribution in [-0.4, -0.2) is 37.4 Å². The molecule has 1 N–H and O–H groups in total. The van der Waals surface area contributed by atoms with Gasteiger partial charge in [0.15, 0.2) is 0 Å². The Morgan fingerprint density at radius 1 is 1.31 bits per heavy atom. The van der Waals surface area contributed by atoms with Crippen LogP contribution in [0.5, 0.6) is 0 Å². The number of aliphatic hydroxyl groups is 1. The van der Waals surface area contributed by atoms with Gasteiger partial charge in [-0.2, -0.15) is 0 Å². The maximum absolute atomic E-state index is 10.8. The molecule has 0 aliphatic heterocycles. The van der Waals surface area contributed by atoms with Gasteiger partial charge in [0.2, 0.25) is 0 Å². The van der Waals surface area contributed by atoms with Crippen LogP contribution in [0.4, 0.5) is 0 Å². The normalized spacial score (nSPS) is 13.6. The number of esters is 2. The summed E-state index contributed by atoms with van der Waals surface area (Å²) in [6.45, 7) is 1.65. The highest BCUT2D eigenvalue weighted by Crippen LogP contribution is 2.04. The Morgan fingerprint density at radius 2 is 1.94 bits per heavy atom. The average molecular weight is 228 g/mol. The quantitative estimate of drug-likeness (QED) is 0.423. The van der Waals surface area contributed by atoms with Crippen LogP contribution in [0.2, 0.25) is 0 Å². The van der Waals surface area contributed by atoms with E-state index in [1.165, 1.54) is 26.4 Å². The molecule has 0 aromatic carbocycles. The first kappa shape index (κ1) is 14.4. The Kier molecular flexibility index (Phi) is 6.87. The zero-order chi connectivity index (χ0) is 12.6. The highest BCUT2D eigenvalue weighted by molar-refractivity contribution is 5.81. The molecule has 5 heteroatoms. The Bertz CT molecular complexity index is 303. The van der Waals surface area contributed by atoms with Crippen LogP contribution in [-0.2, 0) is 19.1 Å². The number of hydrogen-bond donors (Lipinski definition) is 1.